The number of nitrogens with one attached hydrogen (secondary N) is 1. The second-order valence-corrected chi connectivity index (χ2v) is 8.78. The van der Waals surface area contributed by atoms with E-state index in [1.807, 2.05) is 77.7 Å². The first-order valence-electron chi connectivity index (χ1n) is 9.82. The molecule has 0 aliphatic rings. The summed E-state index contributed by atoms with van der Waals surface area (Å²) in [5.74, 6) is 0.538. The average Bonchev–Trinajstić information content (AvgIpc) is 3.45. The lowest BCUT2D eigenvalue weighted by atomic mass is 10.2. The van der Waals surface area contributed by atoms with Crippen LogP contribution in [0.3, 0.4) is 0 Å². The maximum Gasteiger partial charge on any atom is 0.262 e. The Morgan fingerprint density at radius 1 is 1.19 bits per heavy atom. The first-order valence-corrected chi connectivity index (χ1v) is 11.0. The van der Waals surface area contributed by atoms with Crippen LogP contribution in [0, 0.1) is 6.92 Å². The molecular formula is C22H19ClN6OS. The number of nitrogens with zero attached hydrogens (tertiary/aromatic N) is 5. The van der Waals surface area contributed by atoms with Gasteiger partial charge in [0.1, 0.15) is 4.83 Å². The Morgan fingerprint density at radius 2 is 2.00 bits per heavy atom. The smallest absolute Gasteiger partial charge is 0.262 e. The molecule has 9 heteroatoms. The van der Waals surface area contributed by atoms with Gasteiger partial charge in [-0.2, -0.15) is 5.10 Å². The zero-order valence-electron chi connectivity index (χ0n) is 16.9. The van der Waals surface area contributed by atoms with Crippen LogP contribution in [0.2, 0.25) is 5.02 Å². The fraction of sp³-hybridized carbons (Fsp3) is 0.182. The number of carbonyl (C=O) groups excluding carboxylic acids is 1. The Balaban J connectivity index is 1.41. The highest BCUT2D eigenvalue weighted by Crippen LogP contribution is 2.30. The number of fused-ring (bicyclic) bond motifs is 2. The van der Waals surface area contributed by atoms with Crippen molar-refractivity contribution in [2.75, 3.05) is 0 Å². The van der Waals surface area contributed by atoms with Gasteiger partial charge in [0, 0.05) is 16.6 Å². The molecule has 1 amide bonds. The molecule has 1 aromatic carbocycles. The van der Waals surface area contributed by atoms with Gasteiger partial charge in [-0.3, -0.25) is 13.9 Å². The largest absolute Gasteiger partial charge is 0.342 e. The van der Waals surface area contributed by atoms with Crippen LogP contribution < -0.4 is 5.32 Å². The van der Waals surface area contributed by atoms with E-state index in [0.29, 0.717) is 22.3 Å². The van der Waals surface area contributed by atoms with E-state index in [2.05, 4.69) is 20.6 Å². The van der Waals surface area contributed by atoms with Crippen molar-refractivity contribution in [1.82, 2.24) is 29.7 Å². The Kier molecular flexibility index (Phi) is 4.95. The zero-order valence-corrected chi connectivity index (χ0v) is 18.5. The van der Waals surface area contributed by atoms with Crippen LogP contribution in [-0.2, 0) is 6.54 Å². The van der Waals surface area contributed by atoms with Crippen molar-refractivity contribution in [3.05, 3.63) is 81.7 Å². The summed E-state index contributed by atoms with van der Waals surface area (Å²) in [4.78, 5) is 14.6. The number of carbonyl (C=O) groups is 1. The molecule has 31 heavy (non-hydrogen) atoms. The van der Waals surface area contributed by atoms with Crippen LogP contribution in [0.4, 0.5) is 0 Å². The lowest BCUT2D eigenvalue weighted by Crippen LogP contribution is -2.27. The summed E-state index contributed by atoms with van der Waals surface area (Å²) in [5.41, 5.74) is 2.62. The lowest BCUT2D eigenvalue weighted by Gasteiger charge is -2.11. The third-order valence-electron chi connectivity index (χ3n) is 5.18. The molecule has 0 spiro atoms. The topological polar surface area (TPSA) is 77.1 Å². The minimum Gasteiger partial charge on any atom is -0.342 e. The minimum absolute atomic E-state index is 0.148. The Bertz CT molecular complexity index is 1420. The van der Waals surface area contributed by atoms with Gasteiger partial charge in [0.05, 0.1) is 23.2 Å². The van der Waals surface area contributed by atoms with Gasteiger partial charge in [-0.25, -0.2) is 0 Å². The fourth-order valence-corrected chi connectivity index (χ4v) is 4.87. The van der Waals surface area contributed by atoms with Gasteiger partial charge in [0.25, 0.3) is 5.91 Å². The van der Waals surface area contributed by atoms with Crippen molar-refractivity contribution >= 4 is 44.7 Å². The number of amides is 1. The first-order chi connectivity index (χ1) is 15.0. The lowest BCUT2D eigenvalue weighted by molar-refractivity contribution is 0.0942. The Labute approximate surface area is 187 Å². The molecule has 0 aliphatic heterocycles. The van der Waals surface area contributed by atoms with Gasteiger partial charge in [-0.15, -0.1) is 21.5 Å². The number of hydrogen-bond donors (Lipinski definition) is 1. The molecule has 1 atom stereocenters. The highest BCUT2D eigenvalue weighted by molar-refractivity contribution is 7.20. The quantitative estimate of drug-likeness (QED) is 0.423. The van der Waals surface area contributed by atoms with Crippen LogP contribution in [0.1, 0.15) is 39.7 Å². The number of thiophene rings is 1. The molecule has 4 heterocycles. The average molecular weight is 451 g/mol. The van der Waals surface area contributed by atoms with Gasteiger partial charge < -0.3 is 5.32 Å². The third kappa shape index (κ3) is 3.58. The van der Waals surface area contributed by atoms with Crippen LogP contribution in [0.25, 0.3) is 15.9 Å². The van der Waals surface area contributed by atoms with Crippen LogP contribution in [0.5, 0.6) is 0 Å². The SMILES string of the molecule is Cc1nn(Cc2ccccc2Cl)c2sc(C(=O)NC(C)c3nnc4ccccn34)cc12. The minimum atomic E-state index is -0.296. The molecule has 1 unspecified atom stereocenters. The number of aryl methyl sites for hydroxylation is 1. The number of halogens is 1. The van der Waals surface area contributed by atoms with E-state index in [1.54, 1.807) is 0 Å². The Morgan fingerprint density at radius 3 is 2.84 bits per heavy atom. The maximum atomic E-state index is 13.0. The molecule has 1 N–H and O–H groups in total. The first kappa shape index (κ1) is 19.7. The summed E-state index contributed by atoms with van der Waals surface area (Å²) < 4.78 is 3.78. The number of pyridine rings is 1. The van der Waals surface area contributed by atoms with E-state index in [9.17, 15) is 4.79 Å². The summed E-state index contributed by atoms with van der Waals surface area (Å²) in [6.07, 6.45) is 1.89. The van der Waals surface area contributed by atoms with Crippen molar-refractivity contribution in [3.8, 4) is 0 Å². The van der Waals surface area contributed by atoms with Crippen molar-refractivity contribution in [1.29, 1.82) is 0 Å². The van der Waals surface area contributed by atoms with Crippen molar-refractivity contribution in [2.45, 2.75) is 26.4 Å². The maximum absolute atomic E-state index is 13.0. The van der Waals surface area contributed by atoms with Crippen molar-refractivity contribution in [2.24, 2.45) is 0 Å². The van der Waals surface area contributed by atoms with Crippen molar-refractivity contribution in [3.63, 3.8) is 0 Å². The molecule has 0 fully saturated rings. The van der Waals surface area contributed by atoms with Crippen molar-refractivity contribution < 1.29 is 4.79 Å². The van der Waals surface area contributed by atoms with Crippen LogP contribution in [0.15, 0.2) is 54.7 Å². The normalized spacial score (nSPS) is 12.5. The molecule has 0 aliphatic carbocycles. The Hall–Kier alpha value is -3.23. The van der Waals surface area contributed by atoms with E-state index in [0.717, 1.165) is 27.1 Å². The van der Waals surface area contributed by atoms with E-state index >= 15 is 0 Å². The molecule has 5 rings (SSSR count). The number of benzene rings is 1. The van der Waals surface area contributed by atoms with Gasteiger partial charge in [-0.05, 0) is 43.7 Å². The molecule has 0 radical (unpaired) electrons. The summed E-state index contributed by atoms with van der Waals surface area (Å²) in [6, 6.07) is 15.0. The van der Waals surface area contributed by atoms with E-state index in [1.165, 1.54) is 11.3 Å². The molecule has 4 aromatic heterocycles. The summed E-state index contributed by atoms with van der Waals surface area (Å²) >= 11 is 7.74. The predicted molar refractivity (Wildman–Crippen MR) is 122 cm³/mol. The summed E-state index contributed by atoms with van der Waals surface area (Å²) in [6.45, 7) is 4.40. The van der Waals surface area contributed by atoms with Gasteiger partial charge in [0.2, 0.25) is 0 Å². The standard InChI is InChI=1S/C22H19ClN6OS/c1-13-16-11-18(31-22(16)29(27-13)12-15-7-3-4-8-17(15)23)21(30)24-14(2)20-26-25-19-9-5-6-10-28(19)20/h3-11,14H,12H2,1-2H3,(H,24,30). The van der Waals surface area contributed by atoms with Gasteiger partial charge >= 0.3 is 0 Å². The molecule has 7 nitrogen and oxygen atoms in total. The fourth-order valence-electron chi connectivity index (χ4n) is 3.61. The second kappa shape index (κ2) is 7.79. The van der Waals surface area contributed by atoms with Gasteiger partial charge in [0.15, 0.2) is 11.5 Å². The van der Waals surface area contributed by atoms with Crippen LogP contribution in [-0.4, -0.2) is 30.3 Å². The number of aromatic nitrogens is 5. The van der Waals surface area contributed by atoms with E-state index in [4.69, 9.17) is 11.6 Å². The number of rotatable bonds is 5. The second-order valence-electron chi connectivity index (χ2n) is 7.35. The summed E-state index contributed by atoms with van der Waals surface area (Å²) in [5, 5.41) is 17.7. The third-order valence-corrected chi connectivity index (χ3v) is 6.70. The molecule has 5 aromatic rings. The molecular weight excluding hydrogens is 432 g/mol. The predicted octanol–water partition coefficient (Wildman–Crippen LogP) is 4.64. The van der Waals surface area contributed by atoms with Crippen LogP contribution >= 0.6 is 22.9 Å². The highest BCUT2D eigenvalue weighted by Gasteiger charge is 2.20. The monoisotopic (exact) mass is 450 g/mol. The van der Waals surface area contributed by atoms with E-state index < -0.39 is 0 Å². The van der Waals surface area contributed by atoms with E-state index in [-0.39, 0.29) is 11.9 Å². The summed E-state index contributed by atoms with van der Waals surface area (Å²) in [7, 11) is 0. The highest BCUT2D eigenvalue weighted by atomic mass is 35.5. The molecule has 156 valence electrons. The van der Waals surface area contributed by atoms with Gasteiger partial charge in [-0.1, -0.05) is 35.9 Å². The zero-order chi connectivity index (χ0) is 21.5. The molecule has 0 bridgehead atoms. The number of hydrogen-bond acceptors (Lipinski definition) is 5. The molecule has 0 saturated carbocycles. The molecule has 0 saturated heterocycles.